The molecule has 164 valence electrons. The normalized spacial score (nSPS) is 13.3. The molecule has 1 fully saturated rings. The highest BCUT2D eigenvalue weighted by Crippen LogP contribution is 2.17. The summed E-state index contributed by atoms with van der Waals surface area (Å²) in [5.74, 6) is 1.29. The maximum atomic E-state index is 10.6. The molecule has 0 bridgehead atoms. The lowest BCUT2D eigenvalue weighted by molar-refractivity contribution is -0.129. The van der Waals surface area contributed by atoms with Gasteiger partial charge in [-0.2, -0.15) is 0 Å². The second-order valence-electron chi connectivity index (χ2n) is 7.13. The summed E-state index contributed by atoms with van der Waals surface area (Å²) in [7, 11) is 1.58. The Morgan fingerprint density at radius 2 is 1.67 bits per heavy atom. The first-order valence-corrected chi connectivity index (χ1v) is 10.3. The van der Waals surface area contributed by atoms with E-state index >= 15 is 0 Å². The Labute approximate surface area is 178 Å². The van der Waals surface area contributed by atoms with E-state index in [0.29, 0.717) is 11.5 Å². The van der Waals surface area contributed by atoms with Crippen LogP contribution in [0.3, 0.4) is 0 Å². The van der Waals surface area contributed by atoms with Crippen LogP contribution in [0.2, 0.25) is 0 Å². The van der Waals surface area contributed by atoms with Crippen molar-refractivity contribution in [3.8, 4) is 17.2 Å². The molecule has 1 aliphatic heterocycles. The quantitative estimate of drug-likeness (QED) is 0.429. The number of carbonyl (C=O) groups excluding carboxylic acids is 1. The Bertz CT molecular complexity index is 728. The minimum atomic E-state index is -0.469. The molecule has 7 heteroatoms. The molecule has 7 nitrogen and oxygen atoms in total. The zero-order valence-corrected chi connectivity index (χ0v) is 17.5. The van der Waals surface area contributed by atoms with Crippen LogP contribution in [0.5, 0.6) is 17.2 Å². The van der Waals surface area contributed by atoms with E-state index < -0.39 is 5.91 Å². The predicted octanol–water partition coefficient (Wildman–Crippen LogP) is 3.39. The summed E-state index contributed by atoms with van der Waals surface area (Å²) in [5.41, 5.74) is 2.86. The van der Waals surface area contributed by atoms with Gasteiger partial charge >= 0.3 is 0 Å². The first-order valence-electron chi connectivity index (χ1n) is 10.3. The van der Waals surface area contributed by atoms with Crippen molar-refractivity contribution in [2.45, 2.75) is 32.1 Å². The van der Waals surface area contributed by atoms with Crippen LogP contribution in [-0.4, -0.2) is 54.5 Å². The number of hydrogen-bond donors (Lipinski definition) is 3. The third kappa shape index (κ3) is 9.15. The van der Waals surface area contributed by atoms with Crippen LogP contribution in [0.4, 0.5) is 0 Å². The van der Waals surface area contributed by atoms with Crippen LogP contribution in [0.15, 0.2) is 48.5 Å². The van der Waals surface area contributed by atoms with E-state index in [4.69, 9.17) is 19.8 Å². The summed E-state index contributed by atoms with van der Waals surface area (Å²) in [4.78, 5) is 13.2. The molecule has 3 N–H and O–H groups in total. The van der Waals surface area contributed by atoms with Crippen LogP contribution in [0, 0.1) is 0 Å². The van der Waals surface area contributed by atoms with Crippen molar-refractivity contribution in [1.82, 2.24) is 10.4 Å². The van der Waals surface area contributed by atoms with Gasteiger partial charge in [0.15, 0.2) is 0 Å². The van der Waals surface area contributed by atoms with Crippen LogP contribution >= 0.6 is 0 Å². The number of phenolic OH excluding ortho intramolecular Hbond substituents is 1. The molecule has 2 aromatic rings. The third-order valence-electron chi connectivity index (χ3n) is 4.86. The Morgan fingerprint density at radius 3 is 2.27 bits per heavy atom. The standard InChI is InChI=1S/C13H19NO.C10H13NO4/c15-13-7-5-12(6-8-13)4-3-11-14-9-1-2-10-14;1-14-8-2-4-9(5-3-8)15-7-6-10(12)11-13/h5-8,15H,1-4,9-11H2;2-5,13H,6-7H2,1H3,(H,11,12). The van der Waals surface area contributed by atoms with E-state index in [1.54, 1.807) is 43.5 Å². The van der Waals surface area contributed by atoms with Crippen molar-refractivity contribution in [2.24, 2.45) is 0 Å². The van der Waals surface area contributed by atoms with Crippen molar-refractivity contribution in [1.29, 1.82) is 0 Å². The molecule has 30 heavy (non-hydrogen) atoms. The fourth-order valence-corrected chi connectivity index (χ4v) is 3.17. The van der Waals surface area contributed by atoms with Crippen molar-refractivity contribution in [2.75, 3.05) is 33.4 Å². The largest absolute Gasteiger partial charge is 0.508 e. The zero-order valence-electron chi connectivity index (χ0n) is 17.5. The summed E-state index contributed by atoms with van der Waals surface area (Å²) in [6.45, 7) is 4.02. The van der Waals surface area contributed by atoms with Gasteiger partial charge in [0.05, 0.1) is 20.1 Å². The SMILES string of the molecule is COc1ccc(OCCC(=O)NO)cc1.Oc1ccc(CCCN2CCCC2)cc1. The minimum Gasteiger partial charge on any atom is -0.508 e. The number of hydroxylamine groups is 1. The fraction of sp³-hybridized carbons (Fsp3) is 0.435. The molecular formula is C23H32N2O5. The second-order valence-corrected chi connectivity index (χ2v) is 7.13. The molecular weight excluding hydrogens is 384 g/mol. The topological polar surface area (TPSA) is 91.3 Å². The summed E-state index contributed by atoms with van der Waals surface area (Å²) in [5, 5.41) is 17.4. The van der Waals surface area contributed by atoms with Gasteiger partial charge in [-0.05, 0) is 87.3 Å². The van der Waals surface area contributed by atoms with Gasteiger partial charge in [-0.3, -0.25) is 10.0 Å². The summed E-state index contributed by atoms with van der Waals surface area (Å²) in [6, 6.07) is 14.6. The van der Waals surface area contributed by atoms with Crippen molar-refractivity contribution in [3.05, 3.63) is 54.1 Å². The molecule has 0 aliphatic carbocycles. The number of hydrogen-bond acceptors (Lipinski definition) is 6. The number of amides is 1. The second kappa shape index (κ2) is 13.5. The highest BCUT2D eigenvalue weighted by Gasteiger charge is 2.10. The molecule has 0 spiro atoms. The van der Waals surface area contributed by atoms with Crippen molar-refractivity contribution in [3.63, 3.8) is 0 Å². The number of rotatable bonds is 9. The first-order chi connectivity index (χ1) is 14.6. The fourth-order valence-electron chi connectivity index (χ4n) is 3.17. The van der Waals surface area contributed by atoms with Crippen LogP contribution in [0.25, 0.3) is 0 Å². The molecule has 1 heterocycles. The number of nitrogens with one attached hydrogen (secondary N) is 1. The Kier molecular flexibility index (Phi) is 10.5. The average molecular weight is 417 g/mol. The van der Waals surface area contributed by atoms with Gasteiger partial charge < -0.3 is 19.5 Å². The minimum absolute atomic E-state index is 0.114. The van der Waals surface area contributed by atoms with E-state index in [9.17, 15) is 4.79 Å². The highest BCUT2D eigenvalue weighted by molar-refractivity contribution is 5.74. The van der Waals surface area contributed by atoms with Gasteiger partial charge in [0.25, 0.3) is 0 Å². The number of aryl methyl sites for hydroxylation is 1. The molecule has 1 amide bonds. The molecule has 0 saturated carbocycles. The Morgan fingerprint density at radius 1 is 1.03 bits per heavy atom. The smallest absolute Gasteiger partial charge is 0.246 e. The number of carbonyl (C=O) groups is 1. The summed E-state index contributed by atoms with van der Waals surface area (Å²) in [6.07, 6.45) is 5.21. The summed E-state index contributed by atoms with van der Waals surface area (Å²) >= 11 is 0. The van der Waals surface area contributed by atoms with Crippen LogP contribution in [0.1, 0.15) is 31.2 Å². The van der Waals surface area contributed by atoms with Gasteiger partial charge in [0.2, 0.25) is 5.91 Å². The highest BCUT2D eigenvalue weighted by atomic mass is 16.5. The van der Waals surface area contributed by atoms with Gasteiger partial charge in [0.1, 0.15) is 17.2 Å². The number of methoxy groups -OCH3 is 1. The van der Waals surface area contributed by atoms with E-state index in [-0.39, 0.29) is 13.0 Å². The molecule has 1 aliphatic rings. The van der Waals surface area contributed by atoms with E-state index in [1.165, 1.54) is 49.9 Å². The Hall–Kier alpha value is -2.77. The summed E-state index contributed by atoms with van der Waals surface area (Å²) < 4.78 is 10.2. The molecule has 0 unspecified atom stereocenters. The molecule has 0 aromatic heterocycles. The lowest BCUT2D eigenvalue weighted by Gasteiger charge is -2.13. The maximum absolute atomic E-state index is 10.6. The van der Waals surface area contributed by atoms with Gasteiger partial charge in [-0.1, -0.05) is 12.1 Å². The number of benzene rings is 2. The molecule has 0 radical (unpaired) electrons. The lowest BCUT2D eigenvalue weighted by Crippen LogP contribution is -2.20. The maximum Gasteiger partial charge on any atom is 0.246 e. The third-order valence-corrected chi connectivity index (χ3v) is 4.86. The number of likely N-dealkylation sites (tertiary alicyclic amines) is 1. The van der Waals surface area contributed by atoms with Crippen molar-refractivity contribution >= 4 is 5.91 Å². The molecule has 0 atom stereocenters. The Balaban J connectivity index is 0.000000214. The van der Waals surface area contributed by atoms with E-state index in [2.05, 4.69) is 4.90 Å². The van der Waals surface area contributed by atoms with E-state index in [1.807, 2.05) is 12.1 Å². The first kappa shape index (κ1) is 23.5. The van der Waals surface area contributed by atoms with Gasteiger partial charge in [-0.15, -0.1) is 0 Å². The van der Waals surface area contributed by atoms with E-state index in [0.717, 1.165) is 12.2 Å². The number of nitrogens with zero attached hydrogens (tertiary/aromatic N) is 1. The predicted molar refractivity (Wildman–Crippen MR) is 115 cm³/mol. The number of phenols is 1. The monoisotopic (exact) mass is 416 g/mol. The van der Waals surface area contributed by atoms with Crippen LogP contribution < -0.4 is 15.0 Å². The molecule has 2 aromatic carbocycles. The van der Waals surface area contributed by atoms with Gasteiger partial charge in [-0.25, -0.2) is 5.48 Å². The zero-order chi connectivity index (χ0) is 21.6. The average Bonchev–Trinajstić information content (AvgIpc) is 3.29. The number of aromatic hydroxyl groups is 1. The van der Waals surface area contributed by atoms with Crippen LogP contribution in [-0.2, 0) is 11.2 Å². The lowest BCUT2D eigenvalue weighted by atomic mass is 10.1. The van der Waals surface area contributed by atoms with Gasteiger partial charge in [0, 0.05) is 0 Å². The number of ether oxygens (including phenoxy) is 2. The molecule has 3 rings (SSSR count). The molecule has 1 saturated heterocycles. The van der Waals surface area contributed by atoms with Crippen molar-refractivity contribution < 1.29 is 24.6 Å².